The molecule has 7 heteroatoms. The van der Waals surface area contributed by atoms with Gasteiger partial charge in [-0.2, -0.15) is 0 Å². The van der Waals surface area contributed by atoms with Gasteiger partial charge in [0.15, 0.2) is 0 Å². The summed E-state index contributed by atoms with van der Waals surface area (Å²) in [5.74, 6) is 0.317. The fraction of sp³-hybridized carbons (Fsp3) is 0.389. The maximum Gasteiger partial charge on any atom is 0.258 e. The first kappa shape index (κ1) is 18.7. The average Bonchev–Trinajstić information content (AvgIpc) is 2.63. The third kappa shape index (κ3) is 4.67. The predicted molar refractivity (Wildman–Crippen MR) is 95.9 cm³/mol. The second-order valence-corrected chi connectivity index (χ2v) is 5.33. The number of benzene rings is 1. The van der Waals surface area contributed by atoms with Crippen molar-refractivity contribution in [1.82, 2.24) is 4.90 Å². The molecule has 2 rings (SSSR count). The Morgan fingerprint density at radius 3 is 2.88 bits per heavy atom. The van der Waals surface area contributed by atoms with Crippen molar-refractivity contribution in [2.24, 2.45) is 4.99 Å². The Bertz CT molecular complexity index is 685. The van der Waals surface area contributed by atoms with Crippen LogP contribution in [0.4, 0.5) is 5.69 Å². The number of methoxy groups -OCH3 is 1. The molecular formula is C18H23N3O4. The molecule has 1 aromatic carbocycles. The molecule has 0 saturated carbocycles. The van der Waals surface area contributed by atoms with E-state index in [1.165, 1.54) is 12.0 Å². The number of hydrogen-bond acceptors (Lipinski definition) is 5. The second kappa shape index (κ2) is 8.98. The molecule has 7 nitrogen and oxygen atoms in total. The van der Waals surface area contributed by atoms with Gasteiger partial charge in [-0.15, -0.1) is 0 Å². The minimum atomic E-state index is -0.431. The minimum Gasteiger partial charge on any atom is -0.495 e. The van der Waals surface area contributed by atoms with Crippen molar-refractivity contribution in [3.63, 3.8) is 0 Å². The summed E-state index contributed by atoms with van der Waals surface area (Å²) >= 11 is 0. The number of nitrogens with one attached hydrogen (secondary N) is 1. The van der Waals surface area contributed by atoms with Gasteiger partial charge in [-0.3, -0.25) is 19.5 Å². The van der Waals surface area contributed by atoms with Crippen LogP contribution in [-0.4, -0.2) is 56.0 Å². The van der Waals surface area contributed by atoms with Gasteiger partial charge in [0, 0.05) is 13.0 Å². The van der Waals surface area contributed by atoms with Gasteiger partial charge in [0.1, 0.15) is 11.6 Å². The molecule has 0 aromatic heterocycles. The van der Waals surface area contributed by atoms with Gasteiger partial charge in [0.05, 0.1) is 38.1 Å². The van der Waals surface area contributed by atoms with Gasteiger partial charge in [-0.05, 0) is 19.1 Å². The van der Waals surface area contributed by atoms with Crippen LogP contribution in [0.1, 0.15) is 13.3 Å². The number of hydrogen-bond donors (Lipinski definition) is 1. The number of amidine groups is 1. The van der Waals surface area contributed by atoms with Gasteiger partial charge in [0.25, 0.3) is 5.91 Å². The Morgan fingerprint density at radius 2 is 2.16 bits per heavy atom. The van der Waals surface area contributed by atoms with Crippen LogP contribution in [0.15, 0.2) is 41.4 Å². The molecule has 0 spiro atoms. The number of carbonyl (C=O) groups is 2. The first-order valence-corrected chi connectivity index (χ1v) is 8.14. The molecule has 0 atom stereocenters. The highest BCUT2D eigenvalue weighted by atomic mass is 16.5. The lowest BCUT2D eigenvalue weighted by Gasteiger charge is -2.28. The van der Waals surface area contributed by atoms with Crippen molar-refractivity contribution in [1.29, 1.82) is 0 Å². The largest absolute Gasteiger partial charge is 0.495 e. The number of aliphatic imine (C=N–C) groups is 1. The first-order chi connectivity index (χ1) is 12.1. The second-order valence-electron chi connectivity index (χ2n) is 5.33. The van der Waals surface area contributed by atoms with Crippen LogP contribution in [0, 0.1) is 0 Å². The number of ether oxygens (including phenoxy) is 2. The van der Waals surface area contributed by atoms with Crippen LogP contribution >= 0.6 is 0 Å². The zero-order chi connectivity index (χ0) is 18.2. The summed E-state index contributed by atoms with van der Waals surface area (Å²) in [6, 6.07) is 7.07. The molecule has 1 aliphatic rings. The van der Waals surface area contributed by atoms with Crippen molar-refractivity contribution in [2.75, 3.05) is 38.7 Å². The average molecular weight is 345 g/mol. The van der Waals surface area contributed by atoms with Crippen LogP contribution in [0.2, 0.25) is 0 Å². The maximum atomic E-state index is 12.5. The van der Waals surface area contributed by atoms with Crippen LogP contribution in [0.25, 0.3) is 0 Å². The van der Waals surface area contributed by atoms with E-state index < -0.39 is 5.91 Å². The lowest BCUT2D eigenvalue weighted by molar-refractivity contribution is -0.128. The Balaban J connectivity index is 2.12. The van der Waals surface area contributed by atoms with E-state index >= 15 is 0 Å². The van der Waals surface area contributed by atoms with Gasteiger partial charge in [-0.1, -0.05) is 18.7 Å². The zero-order valence-electron chi connectivity index (χ0n) is 14.6. The fourth-order valence-electron chi connectivity index (χ4n) is 2.43. The highest BCUT2D eigenvalue weighted by Crippen LogP contribution is 2.24. The zero-order valence-corrected chi connectivity index (χ0v) is 14.6. The molecule has 0 unspecified atom stereocenters. The summed E-state index contributed by atoms with van der Waals surface area (Å²) in [5, 5.41) is 2.75. The summed E-state index contributed by atoms with van der Waals surface area (Å²) in [6.07, 6.45) is 0.317. The summed E-state index contributed by atoms with van der Waals surface area (Å²) < 4.78 is 10.5. The molecular weight excluding hydrogens is 322 g/mol. The SMILES string of the molecule is C=C(C(=O)Nc1ccccc1OC)C1=NCCC(=O)N1CCOCC. The van der Waals surface area contributed by atoms with Gasteiger partial charge < -0.3 is 14.8 Å². The quantitative estimate of drug-likeness (QED) is 0.576. The molecule has 0 radical (unpaired) electrons. The Labute approximate surface area is 147 Å². The lowest BCUT2D eigenvalue weighted by atomic mass is 10.1. The normalized spacial score (nSPS) is 14.1. The van der Waals surface area contributed by atoms with Crippen LogP contribution in [-0.2, 0) is 14.3 Å². The first-order valence-electron chi connectivity index (χ1n) is 8.14. The predicted octanol–water partition coefficient (Wildman–Crippen LogP) is 1.86. The van der Waals surface area contributed by atoms with Crippen molar-refractivity contribution in [3.05, 3.63) is 36.4 Å². The molecule has 2 amide bonds. The van der Waals surface area contributed by atoms with E-state index in [0.717, 1.165) is 0 Å². The highest BCUT2D eigenvalue weighted by molar-refractivity contribution is 6.27. The Morgan fingerprint density at radius 1 is 1.40 bits per heavy atom. The summed E-state index contributed by atoms with van der Waals surface area (Å²) in [6.45, 7) is 7.33. The van der Waals surface area contributed by atoms with E-state index in [1.54, 1.807) is 18.2 Å². The minimum absolute atomic E-state index is 0.0871. The van der Waals surface area contributed by atoms with Gasteiger partial charge in [0.2, 0.25) is 5.91 Å². The van der Waals surface area contributed by atoms with Crippen molar-refractivity contribution < 1.29 is 19.1 Å². The molecule has 1 N–H and O–H groups in total. The highest BCUT2D eigenvalue weighted by Gasteiger charge is 2.28. The number of rotatable bonds is 8. The summed E-state index contributed by atoms with van der Waals surface area (Å²) in [4.78, 5) is 30.5. The third-order valence-corrected chi connectivity index (χ3v) is 3.71. The molecule has 0 aliphatic carbocycles. The lowest BCUT2D eigenvalue weighted by Crippen LogP contribution is -2.44. The topological polar surface area (TPSA) is 80.2 Å². The smallest absolute Gasteiger partial charge is 0.258 e. The number of carbonyl (C=O) groups excluding carboxylic acids is 2. The molecule has 0 fully saturated rings. The summed E-state index contributed by atoms with van der Waals surface area (Å²) in [5.41, 5.74) is 0.662. The van der Waals surface area contributed by atoms with E-state index in [-0.39, 0.29) is 11.5 Å². The number of anilines is 1. The van der Waals surface area contributed by atoms with Crippen molar-refractivity contribution >= 4 is 23.3 Å². The third-order valence-electron chi connectivity index (χ3n) is 3.71. The summed E-state index contributed by atoms with van der Waals surface area (Å²) in [7, 11) is 1.53. The Kier molecular flexibility index (Phi) is 6.71. The van der Waals surface area contributed by atoms with Crippen LogP contribution in [0.3, 0.4) is 0 Å². The Hall–Kier alpha value is -2.67. The monoisotopic (exact) mass is 345 g/mol. The molecule has 1 heterocycles. The van der Waals surface area contributed by atoms with E-state index in [4.69, 9.17) is 9.47 Å². The number of amides is 2. The van der Waals surface area contributed by atoms with Crippen LogP contribution < -0.4 is 10.1 Å². The van der Waals surface area contributed by atoms with Gasteiger partial charge >= 0.3 is 0 Å². The molecule has 0 saturated heterocycles. The fourth-order valence-corrected chi connectivity index (χ4v) is 2.43. The standard InChI is InChI=1S/C18H23N3O4/c1-4-25-12-11-21-16(22)9-10-19-17(21)13(2)18(23)20-14-7-5-6-8-15(14)24-3/h5-8H,2,4,9-12H2,1,3H3,(H,20,23). The van der Waals surface area contributed by atoms with Gasteiger partial charge in [-0.25, -0.2) is 0 Å². The van der Waals surface area contributed by atoms with Crippen molar-refractivity contribution in [2.45, 2.75) is 13.3 Å². The molecule has 1 aromatic rings. The maximum absolute atomic E-state index is 12.5. The number of para-hydroxylation sites is 2. The molecule has 134 valence electrons. The number of nitrogens with zero attached hydrogens (tertiary/aromatic N) is 2. The van der Waals surface area contributed by atoms with Crippen molar-refractivity contribution in [3.8, 4) is 5.75 Å². The van der Waals surface area contributed by atoms with E-state index in [1.807, 2.05) is 13.0 Å². The van der Waals surface area contributed by atoms with Crippen LogP contribution in [0.5, 0.6) is 5.75 Å². The molecule has 25 heavy (non-hydrogen) atoms. The molecule has 1 aliphatic heterocycles. The van der Waals surface area contributed by atoms with E-state index in [0.29, 0.717) is 50.0 Å². The van der Waals surface area contributed by atoms with E-state index in [2.05, 4.69) is 16.9 Å². The molecule has 0 bridgehead atoms. The van der Waals surface area contributed by atoms with E-state index in [9.17, 15) is 9.59 Å².